The van der Waals surface area contributed by atoms with Gasteiger partial charge in [-0.1, -0.05) is 48.5 Å². The molecule has 2 rings (SSSR count). The second kappa shape index (κ2) is 11.3. The molecule has 2 aromatic carbocycles. The fourth-order valence-electron chi connectivity index (χ4n) is 3.32. The van der Waals surface area contributed by atoms with Crippen molar-refractivity contribution in [1.29, 1.82) is 0 Å². The van der Waals surface area contributed by atoms with E-state index in [4.69, 9.17) is 9.47 Å². The van der Waals surface area contributed by atoms with Crippen molar-refractivity contribution in [2.45, 2.75) is 45.4 Å². The van der Waals surface area contributed by atoms with Crippen LogP contribution in [0, 0.1) is 0 Å². The highest BCUT2D eigenvalue weighted by Crippen LogP contribution is 2.21. The van der Waals surface area contributed by atoms with Gasteiger partial charge in [-0.3, -0.25) is 9.69 Å². The number of rotatable bonds is 9. The molecule has 0 aliphatic carbocycles. The normalized spacial score (nSPS) is 11.9. The number of likely N-dealkylation sites (N-methyl/N-ethyl adjacent to an activating group) is 1. The molecule has 7 nitrogen and oxygen atoms in total. The Kier molecular flexibility index (Phi) is 8.81. The summed E-state index contributed by atoms with van der Waals surface area (Å²) in [5.74, 6) is 0.371. The number of carbonyl (C=O) groups excluding carboxylic acids is 3. The van der Waals surface area contributed by atoms with Gasteiger partial charge in [-0.25, -0.2) is 4.79 Å². The molecule has 2 amide bonds. The predicted molar refractivity (Wildman–Crippen MR) is 122 cm³/mol. The first-order valence-corrected chi connectivity index (χ1v) is 10.5. The van der Waals surface area contributed by atoms with Crippen LogP contribution in [0.25, 0.3) is 0 Å². The first-order chi connectivity index (χ1) is 15.2. The number of amides is 2. The highest BCUT2D eigenvalue weighted by molar-refractivity contribution is 5.87. The van der Waals surface area contributed by atoms with Gasteiger partial charge < -0.3 is 19.2 Å². The summed E-state index contributed by atoms with van der Waals surface area (Å²) in [6.07, 6.45) is 0.155. The number of carbonyl (C=O) groups is 3. The number of methoxy groups -OCH3 is 1. The highest BCUT2D eigenvalue weighted by atomic mass is 16.6. The summed E-state index contributed by atoms with van der Waals surface area (Å²) in [5, 5.41) is 0. The SMILES string of the molecule is COc1ccccc1CN(C)C(=O)[C@H](Cc1ccccc1)N(CC=O)C(=O)OC(C)(C)C. The molecule has 0 aliphatic heterocycles. The first kappa shape index (κ1) is 24.9. The molecule has 0 aliphatic rings. The third-order valence-electron chi connectivity index (χ3n) is 4.81. The monoisotopic (exact) mass is 440 g/mol. The largest absolute Gasteiger partial charge is 0.496 e. The zero-order valence-electron chi connectivity index (χ0n) is 19.4. The van der Waals surface area contributed by atoms with Crippen molar-refractivity contribution >= 4 is 18.3 Å². The molecular weight excluding hydrogens is 408 g/mol. The van der Waals surface area contributed by atoms with Gasteiger partial charge in [-0.2, -0.15) is 0 Å². The van der Waals surface area contributed by atoms with Crippen molar-refractivity contribution in [3.63, 3.8) is 0 Å². The Morgan fingerprint density at radius 3 is 2.25 bits per heavy atom. The minimum absolute atomic E-state index is 0.249. The molecule has 7 heteroatoms. The lowest BCUT2D eigenvalue weighted by Gasteiger charge is -2.34. The molecule has 0 radical (unpaired) electrons. The van der Waals surface area contributed by atoms with Crippen LogP contribution in [-0.2, 0) is 27.3 Å². The molecule has 0 spiro atoms. The van der Waals surface area contributed by atoms with Gasteiger partial charge in [0.05, 0.1) is 13.7 Å². The van der Waals surface area contributed by atoms with Crippen LogP contribution in [0.3, 0.4) is 0 Å². The number of benzene rings is 2. The Morgan fingerprint density at radius 2 is 1.66 bits per heavy atom. The van der Waals surface area contributed by atoms with E-state index in [1.807, 2.05) is 54.6 Å². The van der Waals surface area contributed by atoms with E-state index in [1.54, 1.807) is 34.9 Å². The molecule has 0 N–H and O–H groups in total. The van der Waals surface area contributed by atoms with Gasteiger partial charge in [0.25, 0.3) is 0 Å². The van der Waals surface area contributed by atoms with Crippen LogP contribution in [0.15, 0.2) is 54.6 Å². The molecule has 0 saturated heterocycles. The molecule has 0 unspecified atom stereocenters. The van der Waals surface area contributed by atoms with Crippen LogP contribution in [0.2, 0.25) is 0 Å². The standard InChI is InChI=1S/C25H32N2O5/c1-25(2,3)32-24(30)27(15-16-28)21(17-19-11-7-6-8-12-19)23(29)26(4)18-20-13-9-10-14-22(20)31-5/h6-14,16,21H,15,17-18H2,1-5H3/t21-/m0/s1. The van der Waals surface area contributed by atoms with Crippen molar-refractivity contribution in [2.75, 3.05) is 20.7 Å². The van der Waals surface area contributed by atoms with E-state index in [1.165, 1.54) is 9.80 Å². The smallest absolute Gasteiger partial charge is 0.411 e. The zero-order valence-corrected chi connectivity index (χ0v) is 19.4. The van der Waals surface area contributed by atoms with Crippen molar-refractivity contribution in [1.82, 2.24) is 9.80 Å². The van der Waals surface area contributed by atoms with E-state index in [0.717, 1.165) is 11.1 Å². The van der Waals surface area contributed by atoms with Crippen LogP contribution in [0.5, 0.6) is 5.75 Å². The van der Waals surface area contributed by atoms with Crippen molar-refractivity contribution in [3.05, 3.63) is 65.7 Å². The van der Waals surface area contributed by atoms with Crippen LogP contribution < -0.4 is 4.74 Å². The number of hydrogen-bond donors (Lipinski definition) is 0. The fourth-order valence-corrected chi connectivity index (χ4v) is 3.32. The molecule has 172 valence electrons. The van der Waals surface area contributed by atoms with Crippen molar-refractivity contribution in [2.24, 2.45) is 0 Å². The van der Waals surface area contributed by atoms with Crippen LogP contribution in [0.1, 0.15) is 31.9 Å². The molecule has 32 heavy (non-hydrogen) atoms. The Balaban J connectivity index is 2.36. The minimum Gasteiger partial charge on any atom is -0.496 e. The summed E-state index contributed by atoms with van der Waals surface area (Å²) in [6.45, 7) is 5.27. The van der Waals surface area contributed by atoms with Crippen LogP contribution in [-0.4, -0.2) is 60.4 Å². The van der Waals surface area contributed by atoms with Crippen LogP contribution >= 0.6 is 0 Å². The summed E-state index contributed by atoms with van der Waals surface area (Å²) in [4.78, 5) is 40.6. The molecule has 0 aromatic heterocycles. The van der Waals surface area contributed by atoms with Gasteiger partial charge in [-0.05, 0) is 32.4 Å². The molecular formula is C25H32N2O5. The van der Waals surface area contributed by atoms with E-state index < -0.39 is 17.7 Å². The van der Waals surface area contributed by atoms with Gasteiger partial charge in [0.15, 0.2) is 0 Å². The zero-order chi connectivity index (χ0) is 23.7. The number of para-hydroxylation sites is 1. The summed E-state index contributed by atoms with van der Waals surface area (Å²) in [6, 6.07) is 15.9. The van der Waals surface area contributed by atoms with Gasteiger partial charge in [0.2, 0.25) is 5.91 Å². The average Bonchev–Trinajstić information content (AvgIpc) is 2.75. The lowest BCUT2D eigenvalue weighted by molar-refractivity contribution is -0.136. The first-order valence-electron chi connectivity index (χ1n) is 10.5. The molecule has 2 aromatic rings. The molecule has 0 bridgehead atoms. The highest BCUT2D eigenvalue weighted by Gasteiger charge is 2.34. The Hall–Kier alpha value is -3.35. The lowest BCUT2D eigenvalue weighted by Crippen LogP contribution is -2.52. The van der Waals surface area contributed by atoms with Crippen molar-refractivity contribution in [3.8, 4) is 5.75 Å². The summed E-state index contributed by atoms with van der Waals surface area (Å²) in [7, 11) is 3.24. The van der Waals surface area contributed by atoms with Gasteiger partial charge in [0.1, 0.15) is 23.7 Å². The molecule has 0 saturated carbocycles. The number of ether oxygens (including phenoxy) is 2. The second-order valence-corrected chi connectivity index (χ2v) is 8.51. The van der Waals surface area contributed by atoms with E-state index in [0.29, 0.717) is 12.0 Å². The molecule has 0 heterocycles. The summed E-state index contributed by atoms with van der Waals surface area (Å²) >= 11 is 0. The Labute approximate surface area is 189 Å². The van der Waals surface area contributed by atoms with E-state index in [-0.39, 0.29) is 25.4 Å². The average molecular weight is 441 g/mol. The van der Waals surface area contributed by atoms with E-state index >= 15 is 0 Å². The van der Waals surface area contributed by atoms with Crippen LogP contribution in [0.4, 0.5) is 4.79 Å². The van der Waals surface area contributed by atoms with Gasteiger partial charge in [0, 0.05) is 25.6 Å². The van der Waals surface area contributed by atoms with E-state index in [2.05, 4.69) is 0 Å². The van der Waals surface area contributed by atoms with Gasteiger partial charge in [-0.15, -0.1) is 0 Å². The predicted octanol–water partition coefficient (Wildman–Crippen LogP) is 3.70. The minimum atomic E-state index is -0.905. The Morgan fingerprint density at radius 1 is 1.03 bits per heavy atom. The maximum absolute atomic E-state index is 13.6. The number of nitrogens with zero attached hydrogens (tertiary/aromatic N) is 2. The third kappa shape index (κ3) is 7.11. The topological polar surface area (TPSA) is 76.2 Å². The van der Waals surface area contributed by atoms with E-state index in [9.17, 15) is 14.4 Å². The maximum atomic E-state index is 13.6. The second-order valence-electron chi connectivity index (χ2n) is 8.51. The number of hydrogen-bond acceptors (Lipinski definition) is 5. The summed E-state index contributed by atoms with van der Waals surface area (Å²) in [5.41, 5.74) is 0.946. The lowest BCUT2D eigenvalue weighted by atomic mass is 10.0. The van der Waals surface area contributed by atoms with Crippen molar-refractivity contribution < 1.29 is 23.9 Å². The quantitative estimate of drug-likeness (QED) is 0.556. The third-order valence-corrected chi connectivity index (χ3v) is 4.81. The van der Waals surface area contributed by atoms with Gasteiger partial charge >= 0.3 is 6.09 Å². The summed E-state index contributed by atoms with van der Waals surface area (Å²) < 4.78 is 10.9. The Bertz CT molecular complexity index is 908. The maximum Gasteiger partial charge on any atom is 0.411 e. The molecule has 1 atom stereocenters. The fraction of sp³-hybridized carbons (Fsp3) is 0.400. The molecule has 0 fully saturated rings. The number of aldehydes is 1.